The normalized spacial score (nSPS) is 12.2. The summed E-state index contributed by atoms with van der Waals surface area (Å²) < 4.78 is 10.1. The first-order valence-corrected chi connectivity index (χ1v) is 16.0. The zero-order chi connectivity index (χ0) is 34.5. The molecule has 2 N–H and O–H groups in total. The first kappa shape index (κ1) is 31.8. The highest BCUT2D eigenvalue weighted by atomic mass is 16.5. The molecule has 12 heteroatoms. The number of amides is 2. The molecule has 50 heavy (non-hydrogen) atoms. The van der Waals surface area contributed by atoms with Gasteiger partial charge in [0.05, 0.1) is 47.0 Å². The number of nitrogens with zero attached hydrogens (tertiary/aromatic N) is 6. The van der Waals surface area contributed by atoms with Crippen molar-refractivity contribution >= 4 is 69.9 Å². The lowest BCUT2D eigenvalue weighted by Gasteiger charge is -2.04. The number of rotatable bonds is 6. The van der Waals surface area contributed by atoms with Crippen molar-refractivity contribution in [2.24, 2.45) is 20.5 Å². The zero-order valence-corrected chi connectivity index (χ0v) is 27.1. The fraction of sp³-hybridized carbons (Fsp3) is 0.105. The van der Waals surface area contributed by atoms with Crippen LogP contribution in [0, 0.1) is 0 Å². The molecule has 7 rings (SSSR count). The summed E-state index contributed by atoms with van der Waals surface area (Å²) in [4.78, 5) is 41.6. The number of ether oxygens (including phenoxy) is 2. The molecule has 0 saturated carbocycles. The minimum Gasteiger partial charge on any atom is -0.447 e. The summed E-state index contributed by atoms with van der Waals surface area (Å²) in [5.41, 5.74) is 8.93. The zero-order valence-electron chi connectivity index (χ0n) is 27.1. The van der Waals surface area contributed by atoms with Crippen LogP contribution in [0.2, 0.25) is 0 Å². The smallest absolute Gasteiger partial charge is 0.447 e. The molecule has 0 spiro atoms. The van der Waals surface area contributed by atoms with Gasteiger partial charge in [0.25, 0.3) is 0 Å². The van der Waals surface area contributed by atoms with E-state index in [1.54, 1.807) is 13.8 Å². The number of carbonyl (C=O) groups is 2. The average Bonchev–Trinajstić information content (AvgIpc) is 3.97. The van der Waals surface area contributed by atoms with Crippen LogP contribution in [0.5, 0.6) is 0 Å². The lowest BCUT2D eigenvalue weighted by Crippen LogP contribution is -1.95. The molecule has 5 aromatic rings. The molecule has 2 amide bonds. The van der Waals surface area contributed by atoms with Gasteiger partial charge in [-0.25, -0.2) is 19.6 Å². The van der Waals surface area contributed by atoms with Crippen LogP contribution >= 0.6 is 0 Å². The number of azo groups is 2. The summed E-state index contributed by atoms with van der Waals surface area (Å²) in [7, 11) is 0. The average molecular weight is 663 g/mol. The predicted octanol–water partition coefficient (Wildman–Crippen LogP) is 10.5. The Labute approximate surface area is 286 Å². The molecule has 0 fully saturated rings. The summed E-state index contributed by atoms with van der Waals surface area (Å²) in [6.45, 7) is 3.74. The maximum Gasteiger partial charge on any atom is 0.452 e. The lowest BCUT2D eigenvalue weighted by molar-refractivity contribution is 0.161. The molecular formula is C38H30N8O4. The van der Waals surface area contributed by atoms with Crippen LogP contribution in [0.25, 0.3) is 68.6 Å². The van der Waals surface area contributed by atoms with Crippen LogP contribution in [0.1, 0.15) is 36.6 Å². The maximum absolute atomic E-state index is 12.3. The molecule has 0 unspecified atom stereocenters. The van der Waals surface area contributed by atoms with Crippen molar-refractivity contribution in [2.45, 2.75) is 13.8 Å². The van der Waals surface area contributed by atoms with Crippen LogP contribution in [-0.2, 0) is 9.47 Å². The number of H-pyrrole nitrogens is 2. The molecule has 2 aromatic carbocycles. The molecule has 2 aliphatic rings. The van der Waals surface area contributed by atoms with Crippen molar-refractivity contribution in [2.75, 3.05) is 13.2 Å². The van der Waals surface area contributed by atoms with E-state index in [1.165, 1.54) is 0 Å². The van der Waals surface area contributed by atoms with E-state index in [9.17, 15) is 9.59 Å². The number of carbonyl (C=O) groups excluding carboxylic acids is 2. The summed E-state index contributed by atoms with van der Waals surface area (Å²) in [6, 6.07) is 27.2. The van der Waals surface area contributed by atoms with Gasteiger partial charge in [0.15, 0.2) is 0 Å². The quantitative estimate of drug-likeness (QED) is 0.168. The largest absolute Gasteiger partial charge is 0.452 e. The van der Waals surface area contributed by atoms with Crippen molar-refractivity contribution < 1.29 is 19.1 Å². The monoisotopic (exact) mass is 662 g/mol. The van der Waals surface area contributed by atoms with Crippen LogP contribution in [0.3, 0.4) is 0 Å². The topological polar surface area (TPSA) is 159 Å². The van der Waals surface area contributed by atoms with E-state index in [0.717, 1.165) is 33.3 Å². The van der Waals surface area contributed by atoms with Crippen molar-refractivity contribution in [3.05, 3.63) is 108 Å². The molecule has 12 nitrogen and oxygen atoms in total. The third-order valence-corrected chi connectivity index (χ3v) is 7.82. The number of fused-ring (bicyclic) bond motifs is 8. The molecule has 2 aliphatic heterocycles. The van der Waals surface area contributed by atoms with Gasteiger partial charge in [-0.3, -0.25) is 0 Å². The van der Waals surface area contributed by atoms with Crippen LogP contribution in [-0.4, -0.2) is 45.3 Å². The molecule has 3 aromatic heterocycles. The molecule has 0 radical (unpaired) electrons. The van der Waals surface area contributed by atoms with Gasteiger partial charge in [0.2, 0.25) is 0 Å². The number of nitrogens with one attached hydrogen (secondary N) is 2. The Morgan fingerprint density at radius 2 is 0.920 bits per heavy atom. The Bertz CT molecular complexity index is 2220. The SMILES string of the molecule is CCOC(=O)N=Nc1c2nc(c(-c3ccccc3)c3ccc([nH]3)c(N=NC(=O)OCC)c3nc(c(-c4ccccc4)c4ccc1[nH]4)C=C3)C=C2. The van der Waals surface area contributed by atoms with Gasteiger partial charge >= 0.3 is 12.2 Å². The van der Waals surface area contributed by atoms with Gasteiger partial charge < -0.3 is 19.4 Å². The van der Waals surface area contributed by atoms with Crippen LogP contribution in [0.15, 0.2) is 105 Å². The first-order valence-electron chi connectivity index (χ1n) is 16.0. The number of aromatic amines is 2. The second kappa shape index (κ2) is 14.1. The predicted molar refractivity (Wildman–Crippen MR) is 193 cm³/mol. The van der Waals surface area contributed by atoms with Crippen LogP contribution in [0.4, 0.5) is 21.0 Å². The minimum absolute atomic E-state index is 0.166. The Balaban J connectivity index is 1.62. The van der Waals surface area contributed by atoms with E-state index < -0.39 is 12.2 Å². The third kappa shape index (κ3) is 6.49. The third-order valence-electron chi connectivity index (χ3n) is 7.82. The van der Waals surface area contributed by atoms with Gasteiger partial charge in [-0.05, 0) is 73.5 Å². The summed E-state index contributed by atoms with van der Waals surface area (Å²) >= 11 is 0. The van der Waals surface area contributed by atoms with Gasteiger partial charge in [0, 0.05) is 22.2 Å². The van der Waals surface area contributed by atoms with Crippen molar-refractivity contribution in [3.8, 4) is 22.3 Å². The van der Waals surface area contributed by atoms with E-state index in [-0.39, 0.29) is 13.2 Å². The summed E-state index contributed by atoms with van der Waals surface area (Å²) in [6.07, 6.45) is 5.82. The molecule has 0 aliphatic carbocycles. The molecule has 246 valence electrons. The maximum atomic E-state index is 12.3. The molecule has 8 bridgehead atoms. The van der Waals surface area contributed by atoms with Crippen molar-refractivity contribution in [1.29, 1.82) is 0 Å². The molecule has 0 atom stereocenters. The number of aromatic nitrogens is 4. The van der Waals surface area contributed by atoms with Gasteiger partial charge in [-0.2, -0.15) is 0 Å². The Kier molecular flexibility index (Phi) is 8.97. The second-order valence-corrected chi connectivity index (χ2v) is 11.0. The fourth-order valence-corrected chi connectivity index (χ4v) is 5.69. The Morgan fingerprint density at radius 1 is 0.540 bits per heavy atom. The Hall–Kier alpha value is -6.82. The Morgan fingerprint density at radius 3 is 1.32 bits per heavy atom. The molecule has 0 saturated heterocycles. The van der Waals surface area contributed by atoms with E-state index in [4.69, 9.17) is 19.4 Å². The van der Waals surface area contributed by atoms with Gasteiger partial charge in [-0.15, -0.1) is 10.2 Å². The first-order chi connectivity index (χ1) is 24.5. The summed E-state index contributed by atoms with van der Waals surface area (Å²) in [5.74, 6) is 0. The standard InChI is InChI=1S/C38H30N8O4/c1-3-49-37(47)45-43-35-29-19-15-25(39-29)33(23-11-7-5-8-12-23)27-17-21-31(41-27)36(44-46-38(48)50-4-2)32-22-18-28(42-32)34(24-13-9-6-10-14-24)26-16-20-30(35)40-26/h5-22,39,42H,3-4H2,1-2H3. The highest BCUT2D eigenvalue weighted by Crippen LogP contribution is 2.37. The van der Waals surface area contributed by atoms with Crippen LogP contribution < -0.4 is 0 Å². The fourth-order valence-electron chi connectivity index (χ4n) is 5.69. The van der Waals surface area contributed by atoms with Crippen molar-refractivity contribution in [1.82, 2.24) is 19.9 Å². The number of hydrogen-bond donors (Lipinski definition) is 2. The highest BCUT2D eigenvalue weighted by Gasteiger charge is 2.18. The lowest BCUT2D eigenvalue weighted by atomic mass is 10.0. The minimum atomic E-state index is -0.807. The van der Waals surface area contributed by atoms with E-state index in [1.807, 2.05) is 109 Å². The van der Waals surface area contributed by atoms with Gasteiger partial charge in [-0.1, -0.05) is 70.9 Å². The number of hydrogen-bond acceptors (Lipinski definition) is 8. The highest BCUT2D eigenvalue weighted by molar-refractivity contribution is 5.97. The van der Waals surface area contributed by atoms with E-state index in [2.05, 4.69) is 30.4 Å². The molecule has 5 heterocycles. The van der Waals surface area contributed by atoms with Crippen molar-refractivity contribution in [3.63, 3.8) is 0 Å². The second-order valence-electron chi connectivity index (χ2n) is 11.0. The van der Waals surface area contributed by atoms with Gasteiger partial charge in [0.1, 0.15) is 11.4 Å². The number of benzene rings is 2. The van der Waals surface area contributed by atoms with E-state index in [0.29, 0.717) is 45.2 Å². The molecular weight excluding hydrogens is 632 g/mol. The summed E-state index contributed by atoms with van der Waals surface area (Å²) in [5, 5.41) is 16.4. The van der Waals surface area contributed by atoms with E-state index >= 15 is 0 Å².